The Kier molecular flexibility index (Phi) is 4.35. The second-order valence-corrected chi connectivity index (χ2v) is 4.25. The summed E-state index contributed by atoms with van der Waals surface area (Å²) in [6, 6.07) is 0.397. The first-order valence-corrected chi connectivity index (χ1v) is 6.14. The second kappa shape index (κ2) is 5.94. The topological polar surface area (TPSA) is 44.1 Å². The number of aromatic nitrogens is 2. The smallest absolute Gasteiger partial charge is 0.434 e. The third-order valence-corrected chi connectivity index (χ3v) is 2.73. The Morgan fingerprint density at radius 3 is 2.26 bits per heavy atom. The van der Waals surface area contributed by atoms with Crippen molar-refractivity contribution < 1.29 is 35.9 Å². The lowest BCUT2D eigenvalue weighted by Gasteiger charge is -2.13. The lowest BCUT2D eigenvalue weighted by molar-refractivity contribution is -0.143. The largest absolute Gasteiger partial charge is 0.462 e. The normalized spacial score (nSPS) is 11.6. The molecule has 1 aromatic carbocycles. The van der Waals surface area contributed by atoms with Crippen LogP contribution in [0.1, 0.15) is 23.0 Å². The molecule has 0 aliphatic carbocycles. The van der Waals surface area contributed by atoms with Gasteiger partial charge in [-0.05, 0) is 6.92 Å². The molecule has 0 aliphatic rings. The van der Waals surface area contributed by atoms with Crippen LogP contribution < -0.4 is 0 Å². The molecule has 0 amide bonds. The molecule has 0 fully saturated rings. The van der Waals surface area contributed by atoms with Crippen LogP contribution in [0.4, 0.5) is 26.3 Å². The zero-order valence-electron chi connectivity index (χ0n) is 11.4. The molecule has 4 nitrogen and oxygen atoms in total. The van der Waals surface area contributed by atoms with Gasteiger partial charge in [0.25, 0.3) is 0 Å². The van der Waals surface area contributed by atoms with E-state index in [0.717, 1.165) is 0 Å². The van der Waals surface area contributed by atoms with Gasteiger partial charge in [0.2, 0.25) is 0 Å². The molecular weight excluding hydrogens is 330 g/mol. The highest BCUT2D eigenvalue weighted by Crippen LogP contribution is 2.35. The summed E-state index contributed by atoms with van der Waals surface area (Å²) in [5.41, 5.74) is -3.99. The van der Waals surface area contributed by atoms with Crippen LogP contribution in [0.5, 0.6) is 0 Å². The van der Waals surface area contributed by atoms with E-state index >= 15 is 0 Å². The number of esters is 1. The Hall–Kier alpha value is -2.52. The molecule has 124 valence electrons. The van der Waals surface area contributed by atoms with Crippen molar-refractivity contribution in [1.29, 1.82) is 0 Å². The molecule has 2 rings (SSSR count). The number of rotatable bonds is 3. The van der Waals surface area contributed by atoms with E-state index in [4.69, 9.17) is 0 Å². The monoisotopic (exact) mass is 338 g/mol. The second-order valence-electron chi connectivity index (χ2n) is 4.25. The molecule has 23 heavy (non-hydrogen) atoms. The highest BCUT2D eigenvalue weighted by Gasteiger charge is 2.42. The van der Waals surface area contributed by atoms with Crippen molar-refractivity contribution in [1.82, 2.24) is 9.78 Å². The first-order valence-electron chi connectivity index (χ1n) is 6.14. The zero-order valence-corrected chi connectivity index (χ0v) is 11.4. The average molecular weight is 338 g/mol. The molecule has 0 atom stereocenters. The van der Waals surface area contributed by atoms with Gasteiger partial charge in [0, 0.05) is 12.1 Å². The van der Waals surface area contributed by atoms with Gasteiger partial charge < -0.3 is 4.74 Å². The molecule has 0 bridgehead atoms. The predicted molar refractivity (Wildman–Crippen MR) is 64.4 cm³/mol. The van der Waals surface area contributed by atoms with Gasteiger partial charge in [-0.15, -0.1) is 0 Å². The Bertz CT molecular complexity index is 730. The van der Waals surface area contributed by atoms with Crippen molar-refractivity contribution in [2.24, 2.45) is 0 Å². The molecule has 2 aromatic rings. The van der Waals surface area contributed by atoms with Crippen LogP contribution in [0.2, 0.25) is 0 Å². The Morgan fingerprint density at radius 1 is 1.22 bits per heavy atom. The summed E-state index contributed by atoms with van der Waals surface area (Å²) in [5, 5.41) is 3.20. The zero-order chi connectivity index (χ0) is 17.4. The Balaban J connectivity index is 2.72. The van der Waals surface area contributed by atoms with Gasteiger partial charge in [-0.2, -0.15) is 18.3 Å². The van der Waals surface area contributed by atoms with E-state index in [1.165, 1.54) is 6.92 Å². The standard InChI is InChI=1S/C13H8F6N2O2/c1-2-23-12(22)7-5-20-21(11(7)13(17,18)19)10-8(15)3-6(14)4-9(10)16/h3-5H,2H2,1H3. The van der Waals surface area contributed by atoms with E-state index in [1.807, 2.05) is 0 Å². The molecule has 0 radical (unpaired) electrons. The number of nitrogens with zero attached hydrogens (tertiary/aromatic N) is 2. The van der Waals surface area contributed by atoms with Gasteiger partial charge in [-0.1, -0.05) is 0 Å². The van der Waals surface area contributed by atoms with Crippen LogP contribution in [0.3, 0.4) is 0 Å². The minimum atomic E-state index is -5.16. The fourth-order valence-electron chi connectivity index (χ4n) is 1.89. The van der Waals surface area contributed by atoms with Gasteiger partial charge in [0.15, 0.2) is 17.3 Å². The highest BCUT2D eigenvalue weighted by molar-refractivity contribution is 5.90. The van der Waals surface area contributed by atoms with Crippen LogP contribution in [-0.2, 0) is 10.9 Å². The van der Waals surface area contributed by atoms with Crippen LogP contribution in [-0.4, -0.2) is 22.4 Å². The number of benzene rings is 1. The van der Waals surface area contributed by atoms with Crippen molar-refractivity contribution >= 4 is 5.97 Å². The van der Waals surface area contributed by atoms with E-state index in [0.29, 0.717) is 6.20 Å². The van der Waals surface area contributed by atoms with Crippen molar-refractivity contribution in [3.05, 3.63) is 47.0 Å². The quantitative estimate of drug-likeness (QED) is 0.636. The summed E-state index contributed by atoms with van der Waals surface area (Å²) in [7, 11) is 0. The molecule has 0 unspecified atom stereocenters. The molecule has 1 aromatic heterocycles. The third-order valence-electron chi connectivity index (χ3n) is 2.73. The average Bonchev–Trinajstić information content (AvgIpc) is 2.82. The fraction of sp³-hybridized carbons (Fsp3) is 0.231. The van der Waals surface area contributed by atoms with E-state index in [2.05, 4.69) is 9.84 Å². The molecule has 10 heteroatoms. The van der Waals surface area contributed by atoms with Crippen LogP contribution >= 0.6 is 0 Å². The molecule has 0 saturated carbocycles. The summed E-state index contributed by atoms with van der Waals surface area (Å²) in [4.78, 5) is 11.6. The SMILES string of the molecule is CCOC(=O)c1cnn(-c2c(F)cc(F)cc2F)c1C(F)(F)F. The van der Waals surface area contributed by atoms with E-state index in [-0.39, 0.29) is 23.4 Å². The number of hydrogen-bond donors (Lipinski definition) is 0. The molecule has 0 spiro atoms. The van der Waals surface area contributed by atoms with E-state index in [9.17, 15) is 31.1 Å². The summed E-state index contributed by atoms with van der Waals surface area (Å²) < 4.78 is 84.1. The van der Waals surface area contributed by atoms with Crippen molar-refractivity contribution in [3.63, 3.8) is 0 Å². The number of ether oxygens (including phenoxy) is 1. The summed E-state index contributed by atoms with van der Waals surface area (Å²) >= 11 is 0. The van der Waals surface area contributed by atoms with E-state index in [1.54, 1.807) is 0 Å². The number of hydrogen-bond acceptors (Lipinski definition) is 3. The van der Waals surface area contributed by atoms with Gasteiger partial charge in [-0.25, -0.2) is 22.6 Å². The lowest BCUT2D eigenvalue weighted by Crippen LogP contribution is -2.20. The van der Waals surface area contributed by atoms with Crippen molar-refractivity contribution in [2.45, 2.75) is 13.1 Å². The maximum absolute atomic E-state index is 13.7. The molecule has 0 aliphatic heterocycles. The Morgan fingerprint density at radius 2 is 1.78 bits per heavy atom. The maximum Gasteiger partial charge on any atom is 0.434 e. The van der Waals surface area contributed by atoms with Crippen LogP contribution in [0, 0.1) is 17.5 Å². The third kappa shape index (κ3) is 3.15. The summed E-state index contributed by atoms with van der Waals surface area (Å²) in [6.07, 6.45) is -4.69. The molecular formula is C13H8F6N2O2. The molecule has 0 saturated heterocycles. The number of halogens is 6. The molecule has 0 N–H and O–H groups in total. The lowest BCUT2D eigenvalue weighted by atomic mass is 10.2. The minimum absolute atomic E-state index is 0.143. The fourth-order valence-corrected chi connectivity index (χ4v) is 1.89. The van der Waals surface area contributed by atoms with Crippen molar-refractivity contribution in [2.75, 3.05) is 6.61 Å². The van der Waals surface area contributed by atoms with Crippen LogP contribution in [0.15, 0.2) is 18.3 Å². The Labute approximate surface area is 125 Å². The minimum Gasteiger partial charge on any atom is -0.462 e. The number of alkyl halides is 3. The number of carbonyl (C=O) groups is 1. The first-order chi connectivity index (χ1) is 10.7. The van der Waals surface area contributed by atoms with Gasteiger partial charge in [0.1, 0.15) is 17.1 Å². The van der Waals surface area contributed by atoms with Crippen molar-refractivity contribution in [3.8, 4) is 5.69 Å². The summed E-state index contributed by atoms with van der Waals surface area (Å²) in [5.74, 6) is -5.87. The predicted octanol–water partition coefficient (Wildman–Crippen LogP) is 3.49. The van der Waals surface area contributed by atoms with Gasteiger partial charge in [0.05, 0.1) is 12.8 Å². The highest BCUT2D eigenvalue weighted by atomic mass is 19.4. The van der Waals surface area contributed by atoms with Crippen LogP contribution in [0.25, 0.3) is 5.69 Å². The maximum atomic E-state index is 13.7. The first kappa shape index (κ1) is 16.8. The summed E-state index contributed by atoms with van der Waals surface area (Å²) in [6.45, 7) is 1.16. The number of carbonyl (C=O) groups excluding carboxylic acids is 1. The molecule has 1 heterocycles. The van der Waals surface area contributed by atoms with Gasteiger partial charge >= 0.3 is 12.1 Å². The van der Waals surface area contributed by atoms with Gasteiger partial charge in [-0.3, -0.25) is 0 Å². The van der Waals surface area contributed by atoms with E-state index < -0.39 is 46.5 Å².